The van der Waals surface area contributed by atoms with Gasteiger partial charge in [-0.2, -0.15) is 0 Å². The quantitative estimate of drug-likeness (QED) is 0.903. The summed E-state index contributed by atoms with van der Waals surface area (Å²) in [5.74, 6) is 0. The maximum atomic E-state index is 12.5. The standard InChI is InChI=1S/C18H20ClN3O/c1-14-6-5-9-16(19)17(14)20-18(23)22-12-10-21(11-13-22)15-7-3-2-4-8-15/h2-9H,10-13H2,1H3,(H,20,23). The van der Waals surface area contributed by atoms with Crippen LogP contribution >= 0.6 is 11.6 Å². The molecule has 120 valence electrons. The number of halogens is 1. The molecule has 1 saturated heterocycles. The molecule has 0 bridgehead atoms. The van der Waals surface area contributed by atoms with Crippen LogP contribution in [-0.2, 0) is 0 Å². The molecule has 0 aromatic heterocycles. The molecule has 0 radical (unpaired) electrons. The van der Waals surface area contributed by atoms with E-state index in [1.165, 1.54) is 5.69 Å². The number of nitrogens with one attached hydrogen (secondary N) is 1. The van der Waals surface area contributed by atoms with Crippen LogP contribution in [0.2, 0.25) is 5.02 Å². The van der Waals surface area contributed by atoms with Crippen molar-refractivity contribution in [3.05, 3.63) is 59.1 Å². The summed E-state index contributed by atoms with van der Waals surface area (Å²) in [5.41, 5.74) is 2.87. The number of carbonyl (C=O) groups is 1. The fraction of sp³-hybridized carbons (Fsp3) is 0.278. The van der Waals surface area contributed by atoms with Gasteiger partial charge < -0.3 is 15.1 Å². The molecular weight excluding hydrogens is 310 g/mol. The normalized spacial score (nSPS) is 14.7. The maximum absolute atomic E-state index is 12.5. The van der Waals surface area contributed by atoms with Gasteiger partial charge in [0, 0.05) is 31.9 Å². The molecule has 1 N–H and O–H groups in total. The molecule has 1 aliphatic heterocycles. The van der Waals surface area contributed by atoms with Crippen LogP contribution in [0.15, 0.2) is 48.5 Å². The monoisotopic (exact) mass is 329 g/mol. The Bertz CT molecular complexity index is 662. The van der Waals surface area contributed by atoms with Crippen LogP contribution in [-0.4, -0.2) is 37.1 Å². The largest absolute Gasteiger partial charge is 0.368 e. The highest BCUT2D eigenvalue weighted by Gasteiger charge is 2.22. The van der Waals surface area contributed by atoms with Crippen LogP contribution in [0.25, 0.3) is 0 Å². The molecule has 1 fully saturated rings. The van der Waals surface area contributed by atoms with E-state index in [-0.39, 0.29) is 6.03 Å². The summed E-state index contributed by atoms with van der Waals surface area (Å²) in [6, 6.07) is 15.8. The van der Waals surface area contributed by atoms with Crippen molar-refractivity contribution < 1.29 is 4.79 Å². The van der Waals surface area contributed by atoms with Crippen LogP contribution in [0.4, 0.5) is 16.2 Å². The first-order chi connectivity index (χ1) is 11.1. The molecule has 0 atom stereocenters. The Kier molecular flexibility index (Phi) is 4.72. The number of anilines is 2. The number of urea groups is 1. The summed E-state index contributed by atoms with van der Waals surface area (Å²) >= 11 is 6.17. The highest BCUT2D eigenvalue weighted by Crippen LogP contribution is 2.25. The molecular formula is C18H20ClN3O. The lowest BCUT2D eigenvalue weighted by Crippen LogP contribution is -2.50. The highest BCUT2D eigenvalue weighted by molar-refractivity contribution is 6.33. The molecule has 0 spiro atoms. The summed E-state index contributed by atoms with van der Waals surface area (Å²) in [7, 11) is 0. The van der Waals surface area contributed by atoms with Gasteiger partial charge >= 0.3 is 6.03 Å². The van der Waals surface area contributed by atoms with Gasteiger partial charge in [-0.05, 0) is 30.7 Å². The number of piperazine rings is 1. The molecule has 2 amide bonds. The number of hydrogen-bond acceptors (Lipinski definition) is 2. The van der Waals surface area contributed by atoms with E-state index in [1.807, 2.05) is 42.2 Å². The van der Waals surface area contributed by atoms with Crippen molar-refractivity contribution in [2.45, 2.75) is 6.92 Å². The van der Waals surface area contributed by atoms with Gasteiger partial charge in [0.05, 0.1) is 10.7 Å². The van der Waals surface area contributed by atoms with E-state index in [1.54, 1.807) is 6.07 Å². The molecule has 1 heterocycles. The van der Waals surface area contributed by atoms with Crippen LogP contribution in [0, 0.1) is 6.92 Å². The Hall–Kier alpha value is -2.20. The fourth-order valence-corrected chi connectivity index (χ4v) is 3.05. The molecule has 1 aliphatic rings. The minimum Gasteiger partial charge on any atom is -0.368 e. The van der Waals surface area contributed by atoms with Crippen LogP contribution < -0.4 is 10.2 Å². The van der Waals surface area contributed by atoms with Gasteiger partial charge in [-0.3, -0.25) is 0 Å². The van der Waals surface area contributed by atoms with Crippen molar-refractivity contribution in [2.75, 3.05) is 36.4 Å². The van der Waals surface area contributed by atoms with Crippen molar-refractivity contribution in [2.24, 2.45) is 0 Å². The topological polar surface area (TPSA) is 35.6 Å². The van der Waals surface area contributed by atoms with E-state index in [2.05, 4.69) is 22.3 Å². The maximum Gasteiger partial charge on any atom is 0.322 e. The smallest absolute Gasteiger partial charge is 0.322 e. The molecule has 2 aromatic carbocycles. The first kappa shape index (κ1) is 15.7. The molecule has 5 heteroatoms. The lowest BCUT2D eigenvalue weighted by molar-refractivity contribution is 0.208. The van der Waals surface area contributed by atoms with Crippen molar-refractivity contribution in [3.8, 4) is 0 Å². The van der Waals surface area contributed by atoms with Crippen LogP contribution in [0.5, 0.6) is 0 Å². The predicted molar refractivity (Wildman–Crippen MR) is 95.4 cm³/mol. The second-order valence-electron chi connectivity index (χ2n) is 5.67. The lowest BCUT2D eigenvalue weighted by Gasteiger charge is -2.36. The Balaban J connectivity index is 1.60. The van der Waals surface area contributed by atoms with E-state index in [4.69, 9.17) is 11.6 Å². The molecule has 0 aliphatic carbocycles. The van der Waals surface area contributed by atoms with Crippen molar-refractivity contribution >= 4 is 29.0 Å². The van der Waals surface area contributed by atoms with Gasteiger partial charge in [0.25, 0.3) is 0 Å². The number of rotatable bonds is 2. The zero-order valence-electron chi connectivity index (χ0n) is 13.1. The van der Waals surface area contributed by atoms with Gasteiger partial charge in [-0.25, -0.2) is 4.79 Å². The Morgan fingerprint density at radius 3 is 2.35 bits per heavy atom. The van der Waals surface area contributed by atoms with Crippen molar-refractivity contribution in [1.29, 1.82) is 0 Å². The number of hydrogen-bond donors (Lipinski definition) is 1. The minimum absolute atomic E-state index is 0.0890. The van der Waals surface area contributed by atoms with Crippen molar-refractivity contribution in [1.82, 2.24) is 4.90 Å². The number of aryl methyl sites for hydroxylation is 1. The number of nitrogens with zero attached hydrogens (tertiary/aromatic N) is 2. The minimum atomic E-state index is -0.0890. The molecule has 23 heavy (non-hydrogen) atoms. The third-order valence-electron chi connectivity index (χ3n) is 4.14. The van der Waals surface area contributed by atoms with E-state index in [9.17, 15) is 4.79 Å². The Morgan fingerprint density at radius 2 is 1.70 bits per heavy atom. The number of carbonyl (C=O) groups excluding carboxylic acids is 1. The molecule has 3 rings (SSSR count). The summed E-state index contributed by atoms with van der Waals surface area (Å²) in [5, 5.41) is 3.51. The van der Waals surface area contributed by atoms with E-state index in [0.29, 0.717) is 23.8 Å². The predicted octanol–water partition coefficient (Wildman–Crippen LogP) is 4.00. The fourth-order valence-electron chi connectivity index (χ4n) is 2.78. The van der Waals surface area contributed by atoms with Gasteiger partial charge in [0.15, 0.2) is 0 Å². The summed E-state index contributed by atoms with van der Waals surface area (Å²) in [6.07, 6.45) is 0. The van der Waals surface area contributed by atoms with E-state index < -0.39 is 0 Å². The third-order valence-corrected chi connectivity index (χ3v) is 4.46. The van der Waals surface area contributed by atoms with Gasteiger partial charge in [0.1, 0.15) is 0 Å². The van der Waals surface area contributed by atoms with E-state index in [0.717, 1.165) is 18.7 Å². The second kappa shape index (κ2) is 6.92. The average Bonchev–Trinajstić information content (AvgIpc) is 2.59. The highest BCUT2D eigenvalue weighted by atomic mass is 35.5. The average molecular weight is 330 g/mol. The molecule has 0 unspecified atom stereocenters. The lowest BCUT2D eigenvalue weighted by atomic mass is 10.2. The zero-order valence-corrected chi connectivity index (χ0v) is 13.9. The number of amides is 2. The molecule has 4 nitrogen and oxygen atoms in total. The molecule has 0 saturated carbocycles. The number of para-hydroxylation sites is 2. The van der Waals surface area contributed by atoms with Gasteiger partial charge in [-0.1, -0.05) is 41.9 Å². The first-order valence-electron chi connectivity index (χ1n) is 7.76. The number of benzene rings is 2. The van der Waals surface area contributed by atoms with Crippen molar-refractivity contribution in [3.63, 3.8) is 0 Å². The third kappa shape index (κ3) is 3.59. The first-order valence-corrected chi connectivity index (χ1v) is 8.14. The summed E-state index contributed by atoms with van der Waals surface area (Å²) in [4.78, 5) is 16.6. The van der Waals surface area contributed by atoms with E-state index >= 15 is 0 Å². The summed E-state index contributed by atoms with van der Waals surface area (Å²) in [6.45, 7) is 5.00. The Morgan fingerprint density at radius 1 is 1.00 bits per heavy atom. The second-order valence-corrected chi connectivity index (χ2v) is 6.08. The van der Waals surface area contributed by atoms with Gasteiger partial charge in [-0.15, -0.1) is 0 Å². The molecule has 2 aromatic rings. The van der Waals surface area contributed by atoms with Crippen LogP contribution in [0.3, 0.4) is 0 Å². The van der Waals surface area contributed by atoms with Crippen LogP contribution in [0.1, 0.15) is 5.56 Å². The van der Waals surface area contributed by atoms with Gasteiger partial charge in [0.2, 0.25) is 0 Å². The zero-order chi connectivity index (χ0) is 16.2. The SMILES string of the molecule is Cc1cccc(Cl)c1NC(=O)N1CCN(c2ccccc2)CC1. The Labute approximate surface area is 141 Å². The summed E-state index contributed by atoms with van der Waals surface area (Å²) < 4.78 is 0.